The van der Waals surface area contributed by atoms with E-state index in [1.807, 2.05) is 19.9 Å². The Kier molecular flexibility index (Phi) is 8.98. The molecule has 6 nitrogen and oxygen atoms in total. The number of benzene rings is 2. The number of aliphatic imine (C=N–C) groups is 1. The van der Waals surface area contributed by atoms with Crippen molar-refractivity contribution < 1.29 is 13.5 Å². The van der Waals surface area contributed by atoms with E-state index < -0.39 is 16.1 Å². The zero-order valence-corrected chi connectivity index (χ0v) is 18.3. The third-order valence-electron chi connectivity index (χ3n) is 2.88. The SMILES string of the molecule is CC(C)N=C(NS(=O)(=O)/N=C(\[O-])c1ccccc1)c1ccccc1.[K]. The van der Waals surface area contributed by atoms with Gasteiger partial charge in [-0.1, -0.05) is 60.7 Å². The van der Waals surface area contributed by atoms with Crippen molar-refractivity contribution in [1.29, 1.82) is 0 Å². The Balaban J connectivity index is 0.00000312. The van der Waals surface area contributed by atoms with Gasteiger partial charge in [0.25, 0.3) is 0 Å². The monoisotopic (exact) mass is 383 g/mol. The minimum Gasteiger partial charge on any atom is -0.858 e. The summed E-state index contributed by atoms with van der Waals surface area (Å²) in [5, 5.41) is 12.0. The van der Waals surface area contributed by atoms with Gasteiger partial charge in [0.1, 0.15) is 5.84 Å². The van der Waals surface area contributed by atoms with Crippen molar-refractivity contribution in [3.63, 3.8) is 0 Å². The van der Waals surface area contributed by atoms with Gasteiger partial charge in [-0.05, 0) is 19.4 Å². The van der Waals surface area contributed by atoms with Gasteiger partial charge in [-0.25, -0.2) is 4.72 Å². The summed E-state index contributed by atoms with van der Waals surface area (Å²) in [5.74, 6) is -0.685. The summed E-state index contributed by atoms with van der Waals surface area (Å²) >= 11 is 0. The predicted molar refractivity (Wildman–Crippen MR) is 98.9 cm³/mol. The van der Waals surface area contributed by atoms with Crippen molar-refractivity contribution in [3.05, 3.63) is 71.8 Å². The molecule has 2 aromatic carbocycles. The van der Waals surface area contributed by atoms with Crippen LogP contribution in [0.5, 0.6) is 0 Å². The summed E-state index contributed by atoms with van der Waals surface area (Å²) in [5.41, 5.74) is 0.794. The van der Waals surface area contributed by atoms with E-state index in [0.29, 0.717) is 5.56 Å². The van der Waals surface area contributed by atoms with Gasteiger partial charge in [0.2, 0.25) is 0 Å². The fourth-order valence-electron chi connectivity index (χ4n) is 1.90. The summed E-state index contributed by atoms with van der Waals surface area (Å²) in [6, 6.07) is 16.7. The van der Waals surface area contributed by atoms with Crippen LogP contribution in [0.25, 0.3) is 0 Å². The summed E-state index contributed by atoms with van der Waals surface area (Å²) in [7, 11) is -4.23. The minimum absolute atomic E-state index is 0. The quantitative estimate of drug-likeness (QED) is 0.476. The molecule has 127 valence electrons. The first-order valence-corrected chi connectivity index (χ1v) is 8.80. The van der Waals surface area contributed by atoms with E-state index in [0.717, 1.165) is 0 Å². The van der Waals surface area contributed by atoms with Gasteiger partial charge in [-0.2, -0.15) is 12.8 Å². The van der Waals surface area contributed by atoms with Crippen LogP contribution in [-0.2, 0) is 10.2 Å². The van der Waals surface area contributed by atoms with Crippen molar-refractivity contribution in [1.82, 2.24) is 4.72 Å². The van der Waals surface area contributed by atoms with E-state index in [-0.39, 0.29) is 68.8 Å². The van der Waals surface area contributed by atoms with Crippen LogP contribution < -0.4 is 9.83 Å². The second-order valence-corrected chi connectivity index (χ2v) is 6.61. The van der Waals surface area contributed by atoms with Crippen LogP contribution in [0.2, 0.25) is 0 Å². The van der Waals surface area contributed by atoms with Crippen LogP contribution in [-0.4, -0.2) is 77.6 Å². The second kappa shape index (κ2) is 10.2. The van der Waals surface area contributed by atoms with Crippen LogP contribution in [0.4, 0.5) is 0 Å². The van der Waals surface area contributed by atoms with Crippen molar-refractivity contribution in [2.75, 3.05) is 0 Å². The Bertz CT molecular complexity index is 836. The van der Waals surface area contributed by atoms with Gasteiger partial charge in [0, 0.05) is 68.9 Å². The topological polar surface area (TPSA) is 94.0 Å². The van der Waals surface area contributed by atoms with E-state index in [1.165, 1.54) is 12.1 Å². The molecule has 0 spiro atoms. The molecule has 8 heteroatoms. The Labute approximate surface area is 190 Å². The molecule has 0 bridgehead atoms. The normalized spacial score (nSPS) is 12.6. The van der Waals surface area contributed by atoms with Crippen molar-refractivity contribution in [2.24, 2.45) is 9.39 Å². The molecule has 0 saturated carbocycles. The van der Waals surface area contributed by atoms with Gasteiger partial charge in [-0.3, -0.25) is 4.99 Å². The third kappa shape index (κ3) is 7.39. The maximum Gasteiger partial charge on any atom is 0.342 e. The van der Waals surface area contributed by atoms with E-state index in [1.54, 1.807) is 42.5 Å². The predicted octanol–water partition coefficient (Wildman–Crippen LogP) is 1.10. The fourth-order valence-corrected chi connectivity index (χ4v) is 2.69. The fraction of sp³-hybridized carbons (Fsp3) is 0.176. The van der Waals surface area contributed by atoms with Crippen LogP contribution in [0.1, 0.15) is 25.0 Å². The van der Waals surface area contributed by atoms with Crippen molar-refractivity contribution >= 4 is 73.3 Å². The van der Waals surface area contributed by atoms with Gasteiger partial charge in [0.05, 0.1) is 0 Å². The maximum absolute atomic E-state index is 12.2. The Hall–Kier alpha value is -1.03. The summed E-state index contributed by atoms with van der Waals surface area (Å²) in [4.78, 5) is 4.27. The average Bonchev–Trinajstić information content (AvgIpc) is 2.55. The molecule has 0 aliphatic heterocycles. The number of hydrogen-bond donors (Lipinski definition) is 1. The van der Waals surface area contributed by atoms with Crippen LogP contribution in [0.3, 0.4) is 0 Å². The number of nitrogens with zero attached hydrogens (tertiary/aromatic N) is 2. The van der Waals surface area contributed by atoms with Gasteiger partial charge in [-0.15, -0.1) is 0 Å². The molecule has 0 aliphatic rings. The van der Waals surface area contributed by atoms with Crippen LogP contribution in [0.15, 0.2) is 70.1 Å². The molecular weight excluding hydrogens is 365 g/mol. The first-order chi connectivity index (χ1) is 11.4. The summed E-state index contributed by atoms with van der Waals surface area (Å²) in [6.45, 7) is 3.65. The van der Waals surface area contributed by atoms with Gasteiger partial charge in [0.15, 0.2) is 0 Å². The molecule has 0 aromatic heterocycles. The first-order valence-electron chi connectivity index (χ1n) is 7.36. The molecular formula is C17H18KN3O3S-. The van der Waals surface area contributed by atoms with Crippen molar-refractivity contribution in [2.45, 2.75) is 19.9 Å². The van der Waals surface area contributed by atoms with E-state index >= 15 is 0 Å². The molecule has 0 fully saturated rings. The van der Waals surface area contributed by atoms with Crippen LogP contribution >= 0.6 is 0 Å². The third-order valence-corrected chi connectivity index (χ3v) is 3.74. The molecule has 0 unspecified atom stereocenters. The zero-order chi connectivity index (χ0) is 17.6. The van der Waals surface area contributed by atoms with Crippen LogP contribution in [0, 0.1) is 0 Å². The van der Waals surface area contributed by atoms with Gasteiger partial charge >= 0.3 is 10.2 Å². The Morgan fingerprint density at radius 2 is 1.44 bits per heavy atom. The average molecular weight is 384 g/mol. The Morgan fingerprint density at radius 1 is 0.960 bits per heavy atom. The number of hydrogen-bond acceptors (Lipinski definition) is 4. The van der Waals surface area contributed by atoms with Crippen molar-refractivity contribution in [3.8, 4) is 0 Å². The molecule has 0 heterocycles. The Morgan fingerprint density at radius 3 is 1.92 bits per heavy atom. The molecule has 0 amide bonds. The number of rotatable bonds is 5. The standard InChI is InChI=1S/C17H19N3O3S.K/c1-13(2)18-16(14-9-5-3-6-10-14)19-24(22,23)20-17(21)15-11-7-4-8-12-15;/h3-13H,1-2H3,(H,18,19)(H,20,21);/p-1. The molecule has 1 radical (unpaired) electrons. The summed E-state index contributed by atoms with van der Waals surface area (Å²) < 4.78 is 30.0. The molecule has 0 aliphatic carbocycles. The minimum atomic E-state index is -4.23. The zero-order valence-electron chi connectivity index (χ0n) is 14.4. The molecule has 25 heavy (non-hydrogen) atoms. The van der Waals surface area contributed by atoms with E-state index in [9.17, 15) is 13.5 Å². The largest absolute Gasteiger partial charge is 0.858 e. The summed E-state index contributed by atoms with van der Waals surface area (Å²) in [6.07, 6.45) is 0. The molecule has 0 atom stereocenters. The van der Waals surface area contributed by atoms with Gasteiger partial charge < -0.3 is 5.11 Å². The maximum atomic E-state index is 12.2. The first kappa shape index (κ1) is 22.0. The molecule has 1 N–H and O–H groups in total. The molecule has 0 saturated heterocycles. The van der Waals surface area contributed by atoms with E-state index in [4.69, 9.17) is 0 Å². The molecule has 2 aromatic rings. The molecule has 2 rings (SSSR count). The number of nitrogens with one attached hydrogen (secondary N) is 1. The smallest absolute Gasteiger partial charge is 0.342 e. The second-order valence-electron chi connectivity index (χ2n) is 5.28. The van der Waals surface area contributed by atoms with E-state index in [2.05, 4.69) is 14.1 Å². The number of amidine groups is 1.